The Morgan fingerprint density at radius 3 is 2.73 bits per heavy atom. The highest BCUT2D eigenvalue weighted by Gasteiger charge is 2.14. The summed E-state index contributed by atoms with van der Waals surface area (Å²) < 4.78 is 10.2. The molecule has 2 rings (SSSR count). The number of nitrogens with zero attached hydrogens (tertiary/aromatic N) is 1. The summed E-state index contributed by atoms with van der Waals surface area (Å²) in [5, 5.41) is 0. The first-order chi connectivity index (χ1) is 5.47. The van der Waals surface area contributed by atoms with Gasteiger partial charge in [-0.1, -0.05) is 0 Å². The lowest BCUT2D eigenvalue weighted by Crippen LogP contribution is -1.97. The van der Waals surface area contributed by atoms with Crippen molar-refractivity contribution in [3.63, 3.8) is 0 Å². The fourth-order valence-electron chi connectivity index (χ4n) is 0.911. The Bertz CT molecular complexity index is 250. The van der Waals surface area contributed by atoms with Gasteiger partial charge in [-0.05, 0) is 12.1 Å². The topological polar surface area (TPSA) is 31.4 Å². The molecule has 1 aliphatic rings. The SMILES string of the molecule is C1=COC(c2cccnc2)O1. The van der Waals surface area contributed by atoms with Crippen molar-refractivity contribution in [2.75, 3.05) is 0 Å². The minimum Gasteiger partial charge on any atom is -0.455 e. The third-order valence-corrected chi connectivity index (χ3v) is 1.42. The van der Waals surface area contributed by atoms with Gasteiger partial charge < -0.3 is 9.47 Å². The third-order valence-electron chi connectivity index (χ3n) is 1.42. The lowest BCUT2D eigenvalue weighted by Gasteiger charge is -2.08. The van der Waals surface area contributed by atoms with Crippen LogP contribution in [0.4, 0.5) is 0 Å². The first-order valence-electron chi connectivity index (χ1n) is 3.33. The Morgan fingerprint density at radius 1 is 1.27 bits per heavy atom. The van der Waals surface area contributed by atoms with Gasteiger partial charge in [0, 0.05) is 12.4 Å². The van der Waals surface area contributed by atoms with Crippen LogP contribution in [0.25, 0.3) is 0 Å². The summed E-state index contributed by atoms with van der Waals surface area (Å²) in [4.78, 5) is 3.94. The molecule has 0 saturated carbocycles. The molecule has 1 aliphatic heterocycles. The molecule has 0 aromatic carbocycles. The Balaban J connectivity index is 2.17. The molecule has 1 aromatic rings. The van der Waals surface area contributed by atoms with E-state index in [0.29, 0.717) is 0 Å². The second-order valence-corrected chi connectivity index (χ2v) is 2.16. The van der Waals surface area contributed by atoms with Gasteiger partial charge in [0.05, 0.1) is 5.56 Å². The van der Waals surface area contributed by atoms with Crippen molar-refractivity contribution in [2.45, 2.75) is 6.29 Å². The van der Waals surface area contributed by atoms with Gasteiger partial charge in [0.2, 0.25) is 0 Å². The van der Waals surface area contributed by atoms with Crippen LogP contribution in [-0.2, 0) is 9.47 Å². The van der Waals surface area contributed by atoms with E-state index >= 15 is 0 Å². The van der Waals surface area contributed by atoms with E-state index in [1.54, 1.807) is 12.4 Å². The van der Waals surface area contributed by atoms with Crippen molar-refractivity contribution in [1.82, 2.24) is 4.98 Å². The molecule has 0 N–H and O–H groups in total. The van der Waals surface area contributed by atoms with E-state index in [1.165, 1.54) is 12.5 Å². The highest BCUT2D eigenvalue weighted by atomic mass is 16.7. The molecule has 3 heteroatoms. The molecule has 0 bridgehead atoms. The van der Waals surface area contributed by atoms with Crippen LogP contribution >= 0.6 is 0 Å². The third kappa shape index (κ3) is 1.17. The zero-order valence-corrected chi connectivity index (χ0v) is 5.81. The maximum atomic E-state index is 5.10. The smallest absolute Gasteiger partial charge is 0.267 e. The second kappa shape index (κ2) is 2.62. The zero-order valence-electron chi connectivity index (χ0n) is 5.81. The van der Waals surface area contributed by atoms with E-state index in [0.717, 1.165) is 5.56 Å². The normalized spacial score (nSPS) is 16.0. The monoisotopic (exact) mass is 149 g/mol. The molecule has 11 heavy (non-hydrogen) atoms. The van der Waals surface area contributed by atoms with Crippen LogP contribution in [0.15, 0.2) is 37.1 Å². The Kier molecular flexibility index (Phi) is 1.48. The number of hydrogen-bond acceptors (Lipinski definition) is 3. The van der Waals surface area contributed by atoms with Crippen molar-refractivity contribution in [1.29, 1.82) is 0 Å². The molecular formula is C8H7NO2. The van der Waals surface area contributed by atoms with Crippen molar-refractivity contribution in [3.8, 4) is 0 Å². The second-order valence-electron chi connectivity index (χ2n) is 2.16. The van der Waals surface area contributed by atoms with E-state index in [9.17, 15) is 0 Å². The lowest BCUT2D eigenvalue weighted by molar-refractivity contribution is -0.0248. The molecule has 0 atom stereocenters. The predicted molar refractivity (Wildman–Crippen MR) is 38.3 cm³/mol. The van der Waals surface area contributed by atoms with Gasteiger partial charge in [0.1, 0.15) is 12.5 Å². The minimum atomic E-state index is -0.302. The van der Waals surface area contributed by atoms with Crippen LogP contribution in [0.2, 0.25) is 0 Å². The molecule has 0 amide bonds. The molecule has 0 unspecified atom stereocenters. The lowest BCUT2D eigenvalue weighted by atomic mass is 10.3. The van der Waals surface area contributed by atoms with Crippen LogP contribution < -0.4 is 0 Å². The molecule has 0 aliphatic carbocycles. The van der Waals surface area contributed by atoms with Crippen LogP contribution in [0.5, 0.6) is 0 Å². The Hall–Kier alpha value is -1.51. The van der Waals surface area contributed by atoms with Crippen LogP contribution in [0.1, 0.15) is 11.9 Å². The molecule has 2 heterocycles. The number of rotatable bonds is 1. The van der Waals surface area contributed by atoms with Gasteiger partial charge >= 0.3 is 0 Å². The minimum absolute atomic E-state index is 0.302. The van der Waals surface area contributed by atoms with E-state index in [2.05, 4.69) is 4.98 Å². The number of aromatic nitrogens is 1. The van der Waals surface area contributed by atoms with Gasteiger partial charge in [-0.15, -0.1) is 0 Å². The van der Waals surface area contributed by atoms with Gasteiger partial charge in [-0.25, -0.2) is 0 Å². The number of ether oxygens (including phenoxy) is 2. The van der Waals surface area contributed by atoms with Crippen LogP contribution in [0, 0.1) is 0 Å². The molecular weight excluding hydrogens is 142 g/mol. The van der Waals surface area contributed by atoms with Gasteiger partial charge in [0.25, 0.3) is 6.29 Å². The largest absolute Gasteiger partial charge is 0.455 e. The summed E-state index contributed by atoms with van der Waals surface area (Å²) >= 11 is 0. The molecule has 0 saturated heterocycles. The predicted octanol–water partition coefficient (Wildman–Crippen LogP) is 1.60. The number of hydrogen-bond donors (Lipinski definition) is 0. The summed E-state index contributed by atoms with van der Waals surface area (Å²) in [5.41, 5.74) is 0.928. The Morgan fingerprint density at radius 2 is 2.09 bits per heavy atom. The molecule has 1 aromatic heterocycles. The van der Waals surface area contributed by atoms with Gasteiger partial charge in [0.15, 0.2) is 0 Å². The van der Waals surface area contributed by atoms with Gasteiger partial charge in [-0.2, -0.15) is 0 Å². The van der Waals surface area contributed by atoms with Crippen LogP contribution in [0.3, 0.4) is 0 Å². The molecule has 0 fully saturated rings. The highest BCUT2D eigenvalue weighted by Crippen LogP contribution is 2.22. The van der Waals surface area contributed by atoms with Crippen molar-refractivity contribution in [3.05, 3.63) is 42.6 Å². The molecule has 56 valence electrons. The zero-order chi connectivity index (χ0) is 7.52. The first-order valence-corrected chi connectivity index (χ1v) is 3.33. The fourth-order valence-corrected chi connectivity index (χ4v) is 0.911. The Labute approximate surface area is 64.3 Å². The van der Waals surface area contributed by atoms with Gasteiger partial charge in [-0.3, -0.25) is 4.98 Å². The summed E-state index contributed by atoms with van der Waals surface area (Å²) in [6.07, 6.45) is 6.18. The molecule has 0 radical (unpaired) electrons. The maximum Gasteiger partial charge on any atom is 0.267 e. The van der Waals surface area contributed by atoms with Crippen molar-refractivity contribution in [2.24, 2.45) is 0 Å². The van der Waals surface area contributed by atoms with E-state index < -0.39 is 0 Å². The summed E-state index contributed by atoms with van der Waals surface area (Å²) in [7, 11) is 0. The van der Waals surface area contributed by atoms with Crippen LogP contribution in [-0.4, -0.2) is 4.98 Å². The van der Waals surface area contributed by atoms with E-state index in [1.807, 2.05) is 12.1 Å². The van der Waals surface area contributed by atoms with E-state index in [-0.39, 0.29) is 6.29 Å². The van der Waals surface area contributed by atoms with Crippen molar-refractivity contribution < 1.29 is 9.47 Å². The summed E-state index contributed by atoms with van der Waals surface area (Å²) in [6.45, 7) is 0. The number of pyridine rings is 1. The standard InChI is InChI=1S/C8H7NO2/c1-2-7(6-9-3-1)8-10-4-5-11-8/h1-6,8H. The first kappa shape index (κ1) is 6.22. The maximum absolute atomic E-state index is 5.10. The summed E-state index contributed by atoms with van der Waals surface area (Å²) in [5.74, 6) is 0. The summed E-state index contributed by atoms with van der Waals surface area (Å²) in [6, 6.07) is 3.76. The average molecular weight is 149 g/mol. The fraction of sp³-hybridized carbons (Fsp3) is 0.125. The average Bonchev–Trinajstić information content (AvgIpc) is 2.58. The quantitative estimate of drug-likeness (QED) is 0.607. The highest BCUT2D eigenvalue weighted by molar-refractivity contribution is 5.11. The molecule has 0 spiro atoms. The van der Waals surface area contributed by atoms with Crippen molar-refractivity contribution >= 4 is 0 Å². The van der Waals surface area contributed by atoms with E-state index in [4.69, 9.17) is 9.47 Å². The molecule has 3 nitrogen and oxygen atoms in total.